The molecule has 2 saturated heterocycles. The summed E-state index contributed by atoms with van der Waals surface area (Å²) < 4.78 is 92.8. The maximum Gasteiger partial charge on any atom is 0.282 e. The quantitative estimate of drug-likeness (QED) is 0.345. The van der Waals surface area contributed by atoms with E-state index in [9.17, 15) is 26.4 Å². The van der Waals surface area contributed by atoms with Gasteiger partial charge in [0, 0.05) is 56.7 Å². The average molecular weight is 648 g/mol. The number of hydrogen-bond acceptors (Lipinski definition) is 6. The van der Waals surface area contributed by atoms with Gasteiger partial charge >= 0.3 is 0 Å². The van der Waals surface area contributed by atoms with Gasteiger partial charge in [0.05, 0.1) is 36.8 Å². The van der Waals surface area contributed by atoms with Gasteiger partial charge in [-0.25, -0.2) is 17.6 Å². The zero-order valence-electron chi connectivity index (χ0n) is 24.3. The number of carbonyl (C=O) groups is 1. The van der Waals surface area contributed by atoms with E-state index in [0.29, 0.717) is 38.3 Å². The van der Waals surface area contributed by atoms with Crippen molar-refractivity contribution in [2.45, 2.75) is 30.7 Å². The molecule has 6 rings (SSSR count). The van der Waals surface area contributed by atoms with Gasteiger partial charge in [0.2, 0.25) is 5.91 Å². The lowest BCUT2D eigenvalue weighted by Gasteiger charge is -2.40. The van der Waals surface area contributed by atoms with Crippen LogP contribution in [-0.4, -0.2) is 79.4 Å². The fourth-order valence-electron chi connectivity index (χ4n) is 6.52. The predicted molar refractivity (Wildman–Crippen MR) is 157 cm³/mol. The number of nitrogens with one attached hydrogen (secondary N) is 2. The zero-order valence-corrected chi connectivity index (χ0v) is 25.1. The van der Waals surface area contributed by atoms with Gasteiger partial charge in [0.1, 0.15) is 23.3 Å². The Morgan fingerprint density at radius 3 is 2.42 bits per heavy atom. The fraction of sp³-hybridized carbons (Fsp3) is 0.419. The third kappa shape index (κ3) is 6.61. The van der Waals surface area contributed by atoms with Crippen LogP contribution in [0.4, 0.5) is 23.2 Å². The first-order chi connectivity index (χ1) is 21.6. The van der Waals surface area contributed by atoms with E-state index in [1.54, 1.807) is 0 Å². The number of anilines is 1. The molecule has 9 nitrogen and oxygen atoms in total. The summed E-state index contributed by atoms with van der Waals surface area (Å²) in [4.78, 5) is 17.3. The smallest absolute Gasteiger partial charge is 0.282 e. The van der Waals surface area contributed by atoms with Crippen LogP contribution in [0, 0.1) is 29.2 Å². The molecule has 3 aliphatic rings. The van der Waals surface area contributed by atoms with Crippen LogP contribution in [-0.2, 0) is 26.2 Å². The largest absolute Gasteiger partial charge is 0.379 e. The Morgan fingerprint density at radius 2 is 1.71 bits per heavy atom. The van der Waals surface area contributed by atoms with Gasteiger partial charge in [-0.3, -0.25) is 9.78 Å². The number of amides is 1. The molecule has 2 N–H and O–H groups in total. The van der Waals surface area contributed by atoms with Crippen LogP contribution in [0.2, 0.25) is 0 Å². The van der Waals surface area contributed by atoms with Crippen molar-refractivity contribution in [3.8, 4) is 0 Å². The number of piperazine rings is 1. The Hall–Kier alpha value is -3.43. The minimum Gasteiger partial charge on any atom is -0.379 e. The number of pyridine rings is 1. The van der Waals surface area contributed by atoms with Gasteiger partial charge < -0.3 is 15.4 Å². The normalized spacial score (nSPS) is 23.2. The second-order valence-corrected chi connectivity index (χ2v) is 13.5. The zero-order chi connectivity index (χ0) is 31.8. The number of aromatic nitrogens is 1. The molecule has 0 radical (unpaired) electrons. The van der Waals surface area contributed by atoms with Gasteiger partial charge in [0.25, 0.3) is 10.2 Å². The maximum atomic E-state index is 15.3. The highest BCUT2D eigenvalue weighted by molar-refractivity contribution is 7.86. The SMILES string of the molecule is O=C(C[C@@H](c1ccc(F)cc1)c1cc(F)cc(F)c1)Nc1cncc(F)c1C[C@@H]1C[C@]12CNCCN2S(=O)(=O)N1CCOCC1. The van der Waals surface area contributed by atoms with Gasteiger partial charge in [-0.05, 0) is 54.2 Å². The summed E-state index contributed by atoms with van der Waals surface area (Å²) >= 11 is 0. The lowest BCUT2D eigenvalue weighted by Crippen LogP contribution is -2.61. The first-order valence-corrected chi connectivity index (χ1v) is 16.2. The average Bonchev–Trinajstić information content (AvgIpc) is 3.69. The van der Waals surface area contributed by atoms with E-state index >= 15 is 4.39 Å². The number of carbonyl (C=O) groups excluding carboxylic acids is 1. The Labute approximate surface area is 258 Å². The van der Waals surface area contributed by atoms with E-state index in [2.05, 4.69) is 15.6 Å². The molecule has 1 spiro atoms. The van der Waals surface area contributed by atoms with Crippen LogP contribution in [0.5, 0.6) is 0 Å². The minimum atomic E-state index is -3.78. The molecular weight excluding hydrogens is 614 g/mol. The molecule has 0 bridgehead atoms. The van der Waals surface area contributed by atoms with E-state index in [1.165, 1.54) is 39.1 Å². The monoisotopic (exact) mass is 647 g/mol. The molecular formula is C31H33F4N5O4S. The number of rotatable bonds is 9. The molecule has 2 aliphatic heterocycles. The molecule has 3 atom stereocenters. The highest BCUT2D eigenvalue weighted by Crippen LogP contribution is 2.53. The van der Waals surface area contributed by atoms with Gasteiger partial charge in [-0.2, -0.15) is 17.0 Å². The van der Waals surface area contributed by atoms with Gasteiger partial charge in [0.15, 0.2) is 0 Å². The predicted octanol–water partition coefficient (Wildman–Crippen LogP) is 3.58. The van der Waals surface area contributed by atoms with E-state index in [1.807, 2.05) is 0 Å². The minimum absolute atomic E-state index is 0.122. The molecule has 240 valence electrons. The lowest BCUT2D eigenvalue weighted by atomic mass is 9.88. The van der Waals surface area contributed by atoms with Gasteiger partial charge in [-0.1, -0.05) is 12.1 Å². The Balaban J connectivity index is 1.22. The summed E-state index contributed by atoms with van der Waals surface area (Å²) in [5.41, 5.74) is 0.210. The van der Waals surface area contributed by atoms with Crippen LogP contribution in [0.25, 0.3) is 0 Å². The fourth-order valence-corrected chi connectivity index (χ4v) is 8.48. The van der Waals surface area contributed by atoms with Crippen molar-refractivity contribution in [2.24, 2.45) is 5.92 Å². The summed E-state index contributed by atoms with van der Waals surface area (Å²) in [6, 6.07) is 8.20. The molecule has 1 saturated carbocycles. The van der Waals surface area contributed by atoms with E-state index in [0.717, 1.165) is 24.4 Å². The van der Waals surface area contributed by atoms with Crippen LogP contribution < -0.4 is 10.6 Å². The highest BCUT2D eigenvalue weighted by Gasteiger charge is 2.62. The summed E-state index contributed by atoms with van der Waals surface area (Å²) in [5.74, 6) is -4.45. The number of halogens is 4. The molecule has 2 aromatic carbocycles. The summed E-state index contributed by atoms with van der Waals surface area (Å²) in [6.45, 7) is 2.37. The Morgan fingerprint density at radius 1 is 1.00 bits per heavy atom. The molecule has 1 amide bonds. The second-order valence-electron chi connectivity index (χ2n) is 11.7. The van der Waals surface area contributed by atoms with Crippen LogP contribution >= 0.6 is 0 Å². The summed E-state index contributed by atoms with van der Waals surface area (Å²) in [7, 11) is -3.78. The van der Waals surface area contributed by atoms with E-state index in [-0.39, 0.29) is 55.2 Å². The van der Waals surface area contributed by atoms with E-state index in [4.69, 9.17) is 4.74 Å². The number of morpholine rings is 1. The van der Waals surface area contributed by atoms with E-state index < -0.39 is 50.8 Å². The van der Waals surface area contributed by atoms with Crippen molar-refractivity contribution in [3.05, 3.63) is 94.8 Å². The van der Waals surface area contributed by atoms with Crippen molar-refractivity contribution in [1.29, 1.82) is 0 Å². The summed E-state index contributed by atoms with van der Waals surface area (Å²) in [6.07, 6.45) is 2.74. The highest BCUT2D eigenvalue weighted by atomic mass is 32.2. The molecule has 0 unspecified atom stereocenters. The molecule has 3 aromatic rings. The van der Waals surface area contributed by atoms with Crippen LogP contribution in [0.15, 0.2) is 54.9 Å². The van der Waals surface area contributed by atoms with Crippen molar-refractivity contribution >= 4 is 21.8 Å². The molecule has 3 fully saturated rings. The molecule has 3 heterocycles. The van der Waals surface area contributed by atoms with Crippen molar-refractivity contribution in [2.75, 3.05) is 51.3 Å². The third-order valence-electron chi connectivity index (χ3n) is 8.87. The maximum absolute atomic E-state index is 15.3. The van der Waals surface area contributed by atoms with Gasteiger partial charge in [-0.15, -0.1) is 0 Å². The van der Waals surface area contributed by atoms with Crippen molar-refractivity contribution in [3.63, 3.8) is 0 Å². The lowest BCUT2D eigenvalue weighted by molar-refractivity contribution is -0.116. The Kier molecular flexibility index (Phi) is 8.94. The van der Waals surface area contributed by atoms with Crippen molar-refractivity contribution in [1.82, 2.24) is 18.9 Å². The van der Waals surface area contributed by atoms with Crippen LogP contribution in [0.1, 0.15) is 35.4 Å². The molecule has 14 heteroatoms. The first-order valence-electron chi connectivity index (χ1n) is 14.8. The second kappa shape index (κ2) is 12.8. The van der Waals surface area contributed by atoms with Crippen LogP contribution in [0.3, 0.4) is 0 Å². The number of hydrogen-bond donors (Lipinski definition) is 2. The number of nitrogens with zero attached hydrogens (tertiary/aromatic N) is 3. The Bertz CT molecular complexity index is 1650. The summed E-state index contributed by atoms with van der Waals surface area (Å²) in [5, 5.41) is 5.99. The standard InChI is InChI=1S/C31H33F4N5O4S/c32-23-3-1-20(2-4-23)26(21-11-24(33)14-25(34)12-21)15-30(41)38-29-18-37-17-28(35)27(29)13-22-16-31(22)19-36-5-6-40(31)45(42,43)39-7-9-44-10-8-39/h1-4,11-12,14,17-18,22,26,36H,5-10,13,15-16,19H2,(H,38,41)/t22-,26+,31+/m1/s1. The molecule has 1 aromatic heterocycles. The molecule has 45 heavy (non-hydrogen) atoms. The first kappa shape index (κ1) is 31.5. The number of benzene rings is 2. The van der Waals surface area contributed by atoms with Crippen molar-refractivity contribution < 1.29 is 35.5 Å². The third-order valence-corrected chi connectivity index (χ3v) is 11.0. The topological polar surface area (TPSA) is 104 Å². The number of ether oxygens (including phenoxy) is 1. The molecule has 1 aliphatic carbocycles.